The zero-order valence-corrected chi connectivity index (χ0v) is 16.4. The van der Waals surface area contributed by atoms with Gasteiger partial charge in [-0.25, -0.2) is 18.2 Å². The normalized spacial score (nSPS) is 11.2. The van der Waals surface area contributed by atoms with Gasteiger partial charge in [-0.05, 0) is 46.3 Å². The molecule has 2 aromatic carbocycles. The molecular weight excluding hydrogens is 452 g/mol. The average Bonchev–Trinajstić information content (AvgIpc) is 3.17. The van der Waals surface area contributed by atoms with Crippen LogP contribution in [0.4, 0.5) is 0 Å². The third-order valence-electron chi connectivity index (χ3n) is 3.68. The molecule has 3 aromatic rings. The van der Waals surface area contributed by atoms with Crippen LogP contribution in [0.3, 0.4) is 0 Å². The number of nitrogens with zero attached hydrogens (tertiary/aromatic N) is 2. The van der Waals surface area contributed by atoms with Gasteiger partial charge in [-0.1, -0.05) is 18.2 Å². The Morgan fingerprint density at radius 2 is 1.82 bits per heavy atom. The van der Waals surface area contributed by atoms with Crippen molar-refractivity contribution in [2.24, 2.45) is 0 Å². The minimum absolute atomic E-state index is 0.107. The first kappa shape index (κ1) is 19.7. The van der Waals surface area contributed by atoms with E-state index in [2.05, 4.69) is 26.3 Å². The van der Waals surface area contributed by atoms with Gasteiger partial charge in [-0.2, -0.15) is 0 Å². The van der Waals surface area contributed by atoms with Crippen molar-refractivity contribution in [1.29, 1.82) is 0 Å². The smallest absolute Gasteiger partial charge is 0.336 e. The van der Waals surface area contributed by atoms with Crippen LogP contribution in [0.2, 0.25) is 0 Å². The van der Waals surface area contributed by atoms with Crippen molar-refractivity contribution in [3.63, 3.8) is 0 Å². The highest BCUT2D eigenvalue weighted by Crippen LogP contribution is 2.21. The first-order chi connectivity index (χ1) is 13.3. The number of amides is 1. The summed E-state index contributed by atoms with van der Waals surface area (Å²) in [6.45, 7) is 0. The van der Waals surface area contributed by atoms with Gasteiger partial charge in [0.25, 0.3) is 15.9 Å². The number of carboxylic acid groups (broad SMARTS) is 1. The quantitative estimate of drug-likeness (QED) is 0.477. The molecule has 0 aliphatic heterocycles. The Hall–Kier alpha value is -3.02. The highest BCUT2D eigenvalue weighted by Gasteiger charge is 2.20. The molecule has 3 N–H and O–H groups in total. The molecule has 0 unspecified atom stereocenters. The van der Waals surface area contributed by atoms with E-state index >= 15 is 0 Å². The van der Waals surface area contributed by atoms with E-state index in [1.807, 2.05) is 10.9 Å². The van der Waals surface area contributed by atoms with E-state index in [4.69, 9.17) is 5.11 Å². The Balaban J connectivity index is 1.79. The predicted octanol–water partition coefficient (Wildman–Crippen LogP) is 1.96. The molecule has 9 nitrogen and oxygen atoms in total. The first-order valence-electron chi connectivity index (χ1n) is 7.72. The monoisotopic (exact) mass is 464 g/mol. The summed E-state index contributed by atoms with van der Waals surface area (Å²) in [6, 6.07) is 12.4. The number of hydrogen-bond acceptors (Lipinski definition) is 5. The lowest BCUT2D eigenvalue weighted by Gasteiger charge is -2.11. The molecule has 0 radical (unpaired) electrons. The van der Waals surface area contributed by atoms with Crippen molar-refractivity contribution < 1.29 is 23.1 Å². The van der Waals surface area contributed by atoms with Crippen molar-refractivity contribution in [3.8, 4) is 5.69 Å². The standard InChI is InChI=1S/C17H13BrN4O5S/c18-14-7-6-12(8-13(14)17(24)25)28(26,27)21-20-16(23)15-9-19-10-22(15)11-4-2-1-3-5-11/h1-10,21H,(H,20,23)(H,24,25). The summed E-state index contributed by atoms with van der Waals surface area (Å²) in [6.07, 6.45) is 2.71. The Morgan fingerprint density at radius 1 is 1.11 bits per heavy atom. The van der Waals surface area contributed by atoms with Gasteiger partial charge in [0.05, 0.1) is 23.0 Å². The summed E-state index contributed by atoms with van der Waals surface area (Å²) < 4.78 is 26.5. The summed E-state index contributed by atoms with van der Waals surface area (Å²) in [5.74, 6) is -2.03. The maximum absolute atomic E-state index is 12.4. The van der Waals surface area contributed by atoms with Crippen LogP contribution in [0.25, 0.3) is 5.69 Å². The molecule has 0 saturated heterocycles. The van der Waals surface area contributed by atoms with E-state index in [1.54, 1.807) is 24.3 Å². The lowest BCUT2D eigenvalue weighted by atomic mass is 10.2. The zero-order chi connectivity index (χ0) is 20.3. The number of aromatic nitrogens is 2. The second-order valence-electron chi connectivity index (χ2n) is 5.49. The maximum Gasteiger partial charge on any atom is 0.336 e. The lowest BCUT2D eigenvalue weighted by Crippen LogP contribution is -2.42. The largest absolute Gasteiger partial charge is 0.478 e. The number of aromatic carboxylic acids is 1. The number of hydrazine groups is 1. The summed E-state index contributed by atoms with van der Waals surface area (Å²) in [7, 11) is -4.19. The molecule has 144 valence electrons. The third-order valence-corrected chi connectivity index (χ3v) is 5.62. The van der Waals surface area contributed by atoms with Gasteiger partial charge in [0.15, 0.2) is 0 Å². The molecule has 11 heteroatoms. The SMILES string of the molecule is O=C(O)c1cc(S(=O)(=O)NNC(=O)c2cncn2-c2ccccc2)ccc1Br. The fraction of sp³-hybridized carbons (Fsp3) is 0. The first-order valence-corrected chi connectivity index (χ1v) is 10.00. The van der Waals surface area contributed by atoms with Crippen LogP contribution >= 0.6 is 15.9 Å². The highest BCUT2D eigenvalue weighted by molar-refractivity contribution is 9.10. The second kappa shape index (κ2) is 7.92. The molecule has 1 amide bonds. The summed E-state index contributed by atoms with van der Waals surface area (Å²) >= 11 is 3.04. The van der Waals surface area contributed by atoms with Crippen LogP contribution in [0.15, 0.2) is 70.4 Å². The van der Waals surface area contributed by atoms with E-state index in [0.29, 0.717) is 5.69 Å². The van der Waals surface area contributed by atoms with Gasteiger partial charge < -0.3 is 5.11 Å². The predicted molar refractivity (Wildman–Crippen MR) is 102 cm³/mol. The summed E-state index contributed by atoms with van der Waals surface area (Å²) in [5.41, 5.74) is 2.66. The molecule has 0 spiro atoms. The molecule has 0 aliphatic rings. The third kappa shape index (κ3) is 4.11. The van der Waals surface area contributed by atoms with Crippen molar-refractivity contribution >= 4 is 37.8 Å². The number of para-hydroxylation sites is 1. The van der Waals surface area contributed by atoms with Crippen LogP contribution in [-0.2, 0) is 10.0 Å². The van der Waals surface area contributed by atoms with E-state index in [-0.39, 0.29) is 20.6 Å². The van der Waals surface area contributed by atoms with Gasteiger partial charge in [0.1, 0.15) is 5.69 Å². The molecule has 3 rings (SSSR count). The molecule has 0 saturated carbocycles. The van der Waals surface area contributed by atoms with Crippen LogP contribution in [0, 0.1) is 0 Å². The van der Waals surface area contributed by atoms with Crippen molar-refractivity contribution in [2.45, 2.75) is 4.90 Å². The van der Waals surface area contributed by atoms with Gasteiger partial charge in [-0.3, -0.25) is 14.8 Å². The number of nitrogens with one attached hydrogen (secondary N) is 2. The molecule has 0 atom stereocenters. The Labute approximate surface area is 168 Å². The molecule has 1 aromatic heterocycles. The number of halogens is 1. The van der Waals surface area contributed by atoms with E-state index in [9.17, 15) is 18.0 Å². The van der Waals surface area contributed by atoms with Gasteiger partial charge in [0, 0.05) is 10.2 Å². The minimum atomic E-state index is -4.19. The van der Waals surface area contributed by atoms with Crippen LogP contribution in [0.1, 0.15) is 20.8 Å². The minimum Gasteiger partial charge on any atom is -0.478 e. The van der Waals surface area contributed by atoms with E-state index in [0.717, 1.165) is 6.07 Å². The van der Waals surface area contributed by atoms with Crippen LogP contribution in [-0.4, -0.2) is 35.0 Å². The number of benzene rings is 2. The van der Waals surface area contributed by atoms with Crippen LogP contribution < -0.4 is 10.3 Å². The average molecular weight is 465 g/mol. The zero-order valence-electron chi connectivity index (χ0n) is 14.0. The maximum atomic E-state index is 12.4. The number of imidazole rings is 1. The highest BCUT2D eigenvalue weighted by atomic mass is 79.9. The Kier molecular flexibility index (Phi) is 5.58. The lowest BCUT2D eigenvalue weighted by molar-refractivity contribution is 0.0695. The Morgan fingerprint density at radius 3 is 2.50 bits per heavy atom. The Bertz CT molecular complexity index is 1150. The fourth-order valence-electron chi connectivity index (χ4n) is 2.33. The molecule has 0 aliphatic carbocycles. The van der Waals surface area contributed by atoms with Gasteiger partial charge in [-0.15, -0.1) is 4.83 Å². The number of carbonyl (C=O) groups excluding carboxylic acids is 1. The number of sulfonamides is 1. The molecule has 28 heavy (non-hydrogen) atoms. The number of hydrogen-bond donors (Lipinski definition) is 3. The number of rotatable bonds is 6. The van der Waals surface area contributed by atoms with Crippen molar-refractivity contribution in [2.75, 3.05) is 0 Å². The molecular formula is C17H13BrN4O5S. The molecule has 0 bridgehead atoms. The van der Waals surface area contributed by atoms with E-state index in [1.165, 1.54) is 29.2 Å². The van der Waals surface area contributed by atoms with Crippen LogP contribution in [0.5, 0.6) is 0 Å². The van der Waals surface area contributed by atoms with Gasteiger partial charge >= 0.3 is 5.97 Å². The van der Waals surface area contributed by atoms with Crippen molar-refractivity contribution in [3.05, 3.63) is 76.8 Å². The summed E-state index contributed by atoms with van der Waals surface area (Å²) in [4.78, 5) is 29.1. The van der Waals surface area contributed by atoms with Gasteiger partial charge in [0.2, 0.25) is 0 Å². The van der Waals surface area contributed by atoms with E-state index < -0.39 is 21.9 Å². The van der Waals surface area contributed by atoms with Crippen molar-refractivity contribution in [1.82, 2.24) is 19.8 Å². The fourth-order valence-corrected chi connectivity index (χ4v) is 3.61. The number of carbonyl (C=O) groups is 2. The second-order valence-corrected chi connectivity index (χ2v) is 8.03. The number of carboxylic acids is 1. The molecule has 1 heterocycles. The topological polar surface area (TPSA) is 130 Å². The summed E-state index contributed by atoms with van der Waals surface area (Å²) in [5, 5.41) is 9.11. The molecule has 0 fully saturated rings.